The number of ether oxygens (including phenoxy) is 3. The fourth-order valence-electron chi connectivity index (χ4n) is 2.76. The van der Waals surface area contributed by atoms with Crippen molar-refractivity contribution >= 4 is 5.91 Å². The van der Waals surface area contributed by atoms with Gasteiger partial charge >= 0.3 is 0 Å². The molecule has 0 fully saturated rings. The fraction of sp³-hybridized carbons (Fsp3) is 0.263. The molecular formula is C19H19N5O4. The summed E-state index contributed by atoms with van der Waals surface area (Å²) in [4.78, 5) is 13.4. The number of aromatic nitrogens is 4. The highest BCUT2D eigenvalue weighted by Crippen LogP contribution is 2.30. The molecule has 3 aromatic rings. The Bertz CT molecular complexity index is 974. The summed E-state index contributed by atoms with van der Waals surface area (Å²) in [5.74, 6) is 2.27. The minimum absolute atomic E-state index is 0.0405. The Hall–Kier alpha value is -3.62. The summed E-state index contributed by atoms with van der Waals surface area (Å²) < 4.78 is 16.6. The lowest BCUT2D eigenvalue weighted by atomic mass is 10.2. The van der Waals surface area contributed by atoms with Crippen LogP contribution in [0.15, 0.2) is 48.5 Å². The van der Waals surface area contributed by atoms with Crippen LogP contribution in [0.3, 0.4) is 0 Å². The number of benzene rings is 2. The Morgan fingerprint density at radius 1 is 1.25 bits per heavy atom. The number of amides is 1. The van der Waals surface area contributed by atoms with Gasteiger partial charge in [-0.25, -0.2) is 0 Å². The summed E-state index contributed by atoms with van der Waals surface area (Å²) >= 11 is 0. The van der Waals surface area contributed by atoms with Crippen molar-refractivity contribution in [3.63, 3.8) is 0 Å². The highest BCUT2D eigenvalue weighted by atomic mass is 16.6. The standard InChI is InChI=1S/C19H19N5O4/c1-26-14-6-4-5-13(9-14)19-21-23-24(22-19)11-18(25)20-10-15-12-27-16-7-2-3-8-17(16)28-15/h2-9,15H,10-12H2,1H3,(H,20,25)/t15-/m1/s1. The molecule has 0 saturated carbocycles. The van der Waals surface area contributed by atoms with E-state index in [1.165, 1.54) is 4.80 Å². The van der Waals surface area contributed by atoms with E-state index >= 15 is 0 Å². The number of nitrogens with zero attached hydrogens (tertiary/aromatic N) is 4. The third kappa shape index (κ3) is 4.03. The molecule has 144 valence electrons. The first kappa shape index (κ1) is 17.8. The summed E-state index contributed by atoms with van der Waals surface area (Å²) in [5, 5.41) is 15.0. The van der Waals surface area contributed by atoms with E-state index < -0.39 is 0 Å². The molecule has 4 rings (SSSR count). The summed E-state index contributed by atoms with van der Waals surface area (Å²) in [7, 11) is 1.59. The quantitative estimate of drug-likeness (QED) is 0.687. The Morgan fingerprint density at radius 2 is 2.11 bits per heavy atom. The van der Waals surface area contributed by atoms with Gasteiger partial charge in [0, 0.05) is 5.56 Å². The smallest absolute Gasteiger partial charge is 0.243 e. The van der Waals surface area contributed by atoms with Crippen molar-refractivity contribution in [2.24, 2.45) is 0 Å². The monoisotopic (exact) mass is 381 g/mol. The highest BCUT2D eigenvalue weighted by molar-refractivity contribution is 5.75. The zero-order valence-corrected chi connectivity index (χ0v) is 15.2. The third-order valence-electron chi connectivity index (χ3n) is 4.16. The van der Waals surface area contributed by atoms with E-state index in [4.69, 9.17) is 14.2 Å². The van der Waals surface area contributed by atoms with Crippen LogP contribution in [0.25, 0.3) is 11.4 Å². The van der Waals surface area contributed by atoms with Gasteiger partial charge < -0.3 is 19.5 Å². The molecule has 1 N–H and O–H groups in total. The van der Waals surface area contributed by atoms with Crippen molar-refractivity contribution in [3.05, 3.63) is 48.5 Å². The van der Waals surface area contributed by atoms with Gasteiger partial charge in [0.05, 0.1) is 13.7 Å². The molecule has 9 heteroatoms. The van der Waals surface area contributed by atoms with Gasteiger partial charge in [-0.3, -0.25) is 4.79 Å². The summed E-state index contributed by atoms with van der Waals surface area (Å²) in [6.07, 6.45) is -0.255. The summed E-state index contributed by atoms with van der Waals surface area (Å²) in [6, 6.07) is 14.8. The molecule has 1 aliphatic rings. The number of rotatable bonds is 6. The molecule has 0 radical (unpaired) electrons. The largest absolute Gasteiger partial charge is 0.497 e. The second kappa shape index (κ2) is 7.95. The molecule has 1 aromatic heterocycles. The van der Waals surface area contributed by atoms with E-state index in [2.05, 4.69) is 20.7 Å². The molecular weight excluding hydrogens is 362 g/mol. The number of hydrogen-bond acceptors (Lipinski definition) is 7. The van der Waals surface area contributed by atoms with E-state index in [1.54, 1.807) is 13.2 Å². The van der Waals surface area contributed by atoms with E-state index in [9.17, 15) is 4.79 Å². The van der Waals surface area contributed by atoms with Crippen molar-refractivity contribution in [2.45, 2.75) is 12.6 Å². The lowest BCUT2D eigenvalue weighted by molar-refractivity contribution is -0.122. The SMILES string of the molecule is COc1cccc(-c2nnn(CC(=O)NC[C@@H]3COc4ccccc4O3)n2)c1. The lowest BCUT2D eigenvalue weighted by Gasteiger charge is -2.26. The van der Waals surface area contributed by atoms with Gasteiger partial charge in [-0.05, 0) is 29.5 Å². The molecule has 0 saturated heterocycles. The predicted octanol–water partition coefficient (Wildman–Crippen LogP) is 1.30. The van der Waals surface area contributed by atoms with Gasteiger partial charge in [0.2, 0.25) is 11.7 Å². The van der Waals surface area contributed by atoms with Crippen LogP contribution in [0.1, 0.15) is 0 Å². The van der Waals surface area contributed by atoms with Gasteiger partial charge in [-0.2, -0.15) is 4.80 Å². The van der Waals surface area contributed by atoms with Crippen LogP contribution in [0, 0.1) is 0 Å². The van der Waals surface area contributed by atoms with Crippen molar-refractivity contribution < 1.29 is 19.0 Å². The van der Waals surface area contributed by atoms with Gasteiger partial charge in [0.15, 0.2) is 11.5 Å². The Morgan fingerprint density at radius 3 is 2.96 bits per heavy atom. The van der Waals surface area contributed by atoms with Crippen LogP contribution in [0.5, 0.6) is 17.2 Å². The maximum Gasteiger partial charge on any atom is 0.243 e. The minimum Gasteiger partial charge on any atom is -0.497 e. The fourth-order valence-corrected chi connectivity index (χ4v) is 2.76. The summed E-state index contributed by atoms with van der Waals surface area (Å²) in [6.45, 7) is 0.657. The van der Waals surface area contributed by atoms with Crippen LogP contribution >= 0.6 is 0 Å². The average molecular weight is 381 g/mol. The molecule has 0 aliphatic carbocycles. The molecule has 0 bridgehead atoms. The maximum atomic E-state index is 12.2. The van der Waals surface area contributed by atoms with Gasteiger partial charge in [-0.15, -0.1) is 10.2 Å². The molecule has 2 heterocycles. The first-order valence-corrected chi connectivity index (χ1v) is 8.78. The van der Waals surface area contributed by atoms with Crippen molar-refractivity contribution in [1.82, 2.24) is 25.5 Å². The molecule has 0 spiro atoms. The second-order valence-corrected chi connectivity index (χ2v) is 6.18. The van der Waals surface area contributed by atoms with E-state index in [-0.39, 0.29) is 18.6 Å². The zero-order chi connectivity index (χ0) is 19.3. The van der Waals surface area contributed by atoms with Gasteiger partial charge in [0.1, 0.15) is 25.0 Å². The van der Waals surface area contributed by atoms with Crippen LogP contribution < -0.4 is 19.5 Å². The van der Waals surface area contributed by atoms with Gasteiger partial charge in [0.25, 0.3) is 0 Å². The number of para-hydroxylation sites is 2. The number of nitrogens with one attached hydrogen (secondary N) is 1. The molecule has 2 aromatic carbocycles. The summed E-state index contributed by atoms with van der Waals surface area (Å²) in [5.41, 5.74) is 0.762. The number of methoxy groups -OCH3 is 1. The maximum absolute atomic E-state index is 12.2. The van der Waals surface area contributed by atoms with Crippen LogP contribution in [-0.2, 0) is 11.3 Å². The molecule has 1 atom stereocenters. The van der Waals surface area contributed by atoms with Crippen molar-refractivity contribution in [3.8, 4) is 28.6 Å². The number of tetrazole rings is 1. The Labute approximate surface area is 161 Å². The molecule has 0 unspecified atom stereocenters. The number of carbonyl (C=O) groups excluding carboxylic acids is 1. The van der Waals surface area contributed by atoms with E-state index in [0.29, 0.717) is 36.2 Å². The number of hydrogen-bond donors (Lipinski definition) is 1. The van der Waals surface area contributed by atoms with E-state index in [1.807, 2.05) is 42.5 Å². The number of carbonyl (C=O) groups is 1. The Kier molecular flexibility index (Phi) is 5.05. The Balaban J connectivity index is 1.30. The molecule has 28 heavy (non-hydrogen) atoms. The lowest BCUT2D eigenvalue weighted by Crippen LogP contribution is -2.41. The van der Waals surface area contributed by atoms with E-state index in [0.717, 1.165) is 5.56 Å². The van der Waals surface area contributed by atoms with Crippen molar-refractivity contribution in [1.29, 1.82) is 0 Å². The molecule has 9 nitrogen and oxygen atoms in total. The van der Waals surface area contributed by atoms with Crippen LogP contribution in [0.4, 0.5) is 0 Å². The predicted molar refractivity (Wildman–Crippen MR) is 99.2 cm³/mol. The average Bonchev–Trinajstić information content (AvgIpc) is 3.20. The zero-order valence-electron chi connectivity index (χ0n) is 15.2. The molecule has 1 amide bonds. The second-order valence-electron chi connectivity index (χ2n) is 6.18. The third-order valence-corrected chi connectivity index (χ3v) is 4.16. The van der Waals surface area contributed by atoms with Crippen LogP contribution in [-0.4, -0.2) is 52.5 Å². The van der Waals surface area contributed by atoms with Gasteiger partial charge in [-0.1, -0.05) is 24.3 Å². The first-order chi connectivity index (χ1) is 13.7. The first-order valence-electron chi connectivity index (χ1n) is 8.78. The molecule has 1 aliphatic heterocycles. The van der Waals surface area contributed by atoms with Crippen molar-refractivity contribution in [2.75, 3.05) is 20.3 Å². The minimum atomic E-state index is -0.255. The normalized spacial score (nSPS) is 15.1. The highest BCUT2D eigenvalue weighted by Gasteiger charge is 2.21. The number of fused-ring (bicyclic) bond motifs is 1. The topological polar surface area (TPSA) is 100 Å². The van der Waals surface area contributed by atoms with Crippen LogP contribution in [0.2, 0.25) is 0 Å².